The molecule has 3 nitrogen and oxygen atoms in total. The van der Waals surface area contributed by atoms with Crippen molar-refractivity contribution in [3.63, 3.8) is 0 Å². The minimum Gasteiger partial charge on any atom is -0.469 e. The molecule has 0 saturated carbocycles. The molecule has 0 amide bonds. The number of para-hydroxylation sites is 1. The first-order chi connectivity index (χ1) is 7.31. The summed E-state index contributed by atoms with van der Waals surface area (Å²) in [5.74, 6) is -0.242. The van der Waals surface area contributed by atoms with Gasteiger partial charge < -0.3 is 4.74 Å². The van der Waals surface area contributed by atoms with E-state index in [1.807, 2.05) is 30.3 Å². The molecule has 76 valence electrons. The summed E-state index contributed by atoms with van der Waals surface area (Å²) in [4.78, 5) is 15.4. The zero-order valence-electron chi connectivity index (χ0n) is 8.43. The van der Waals surface area contributed by atoms with Crippen molar-refractivity contribution < 1.29 is 9.53 Å². The third-order valence-corrected chi connectivity index (χ3v) is 2.28. The van der Waals surface area contributed by atoms with Crippen LogP contribution in [-0.4, -0.2) is 18.1 Å². The Labute approximate surface area is 87.7 Å². The van der Waals surface area contributed by atoms with E-state index in [-0.39, 0.29) is 12.4 Å². The molecule has 0 aliphatic heterocycles. The van der Waals surface area contributed by atoms with Crippen molar-refractivity contribution in [3.8, 4) is 0 Å². The number of benzene rings is 1. The van der Waals surface area contributed by atoms with E-state index < -0.39 is 0 Å². The van der Waals surface area contributed by atoms with Gasteiger partial charge in [0.15, 0.2) is 0 Å². The van der Waals surface area contributed by atoms with Gasteiger partial charge in [-0.2, -0.15) is 0 Å². The lowest BCUT2D eigenvalue weighted by Crippen LogP contribution is -2.05. The third-order valence-electron chi connectivity index (χ3n) is 2.28. The van der Waals surface area contributed by atoms with Crippen molar-refractivity contribution >= 4 is 16.9 Å². The second-order valence-electron chi connectivity index (χ2n) is 3.25. The maximum absolute atomic E-state index is 11.2. The second kappa shape index (κ2) is 4.09. The van der Waals surface area contributed by atoms with Crippen LogP contribution in [0.15, 0.2) is 36.5 Å². The maximum atomic E-state index is 11.2. The molecule has 2 aromatic rings. The van der Waals surface area contributed by atoms with Crippen molar-refractivity contribution in [1.82, 2.24) is 4.98 Å². The molecule has 0 spiro atoms. The van der Waals surface area contributed by atoms with Crippen LogP contribution >= 0.6 is 0 Å². The van der Waals surface area contributed by atoms with E-state index in [2.05, 4.69) is 9.72 Å². The summed E-state index contributed by atoms with van der Waals surface area (Å²) in [6.45, 7) is 0. The van der Waals surface area contributed by atoms with Gasteiger partial charge in [0.2, 0.25) is 0 Å². The number of rotatable bonds is 2. The molecule has 0 bridgehead atoms. The predicted octanol–water partition coefficient (Wildman–Crippen LogP) is 1.95. The Balaban J connectivity index is 2.46. The average Bonchev–Trinajstić information content (AvgIpc) is 2.29. The van der Waals surface area contributed by atoms with E-state index >= 15 is 0 Å². The number of aromatic nitrogens is 1. The molecule has 0 aliphatic rings. The van der Waals surface area contributed by atoms with Crippen LogP contribution in [0.4, 0.5) is 0 Å². The standard InChI is InChI=1S/C12H11NO2/c1-15-11(14)8-10-5-2-4-9-6-3-7-13-12(9)10/h2-7H,8H2,1H3. The van der Waals surface area contributed by atoms with Crippen LogP contribution in [0.3, 0.4) is 0 Å². The van der Waals surface area contributed by atoms with Crippen LogP contribution in [0, 0.1) is 0 Å². The van der Waals surface area contributed by atoms with E-state index in [0.29, 0.717) is 0 Å². The first-order valence-electron chi connectivity index (χ1n) is 4.70. The topological polar surface area (TPSA) is 39.2 Å². The lowest BCUT2D eigenvalue weighted by Gasteiger charge is -2.03. The van der Waals surface area contributed by atoms with Crippen LogP contribution in [0.1, 0.15) is 5.56 Å². The van der Waals surface area contributed by atoms with E-state index in [0.717, 1.165) is 16.5 Å². The molecule has 0 saturated heterocycles. The molecule has 0 radical (unpaired) electrons. The zero-order chi connectivity index (χ0) is 10.7. The number of carbonyl (C=O) groups is 1. The van der Waals surface area contributed by atoms with E-state index in [1.54, 1.807) is 6.20 Å². The normalized spacial score (nSPS) is 10.2. The zero-order valence-corrected chi connectivity index (χ0v) is 8.43. The number of nitrogens with zero attached hydrogens (tertiary/aromatic N) is 1. The molecule has 1 aromatic carbocycles. The van der Waals surface area contributed by atoms with Gasteiger partial charge in [-0.1, -0.05) is 24.3 Å². The fourth-order valence-corrected chi connectivity index (χ4v) is 1.54. The highest BCUT2D eigenvalue weighted by atomic mass is 16.5. The maximum Gasteiger partial charge on any atom is 0.310 e. The minimum atomic E-state index is -0.242. The Kier molecular flexibility index (Phi) is 2.63. The van der Waals surface area contributed by atoms with Crippen molar-refractivity contribution in [2.24, 2.45) is 0 Å². The summed E-state index contributed by atoms with van der Waals surface area (Å²) in [5, 5.41) is 1.04. The highest BCUT2D eigenvalue weighted by Gasteiger charge is 2.06. The summed E-state index contributed by atoms with van der Waals surface area (Å²) in [7, 11) is 1.39. The molecule has 0 unspecified atom stereocenters. The van der Waals surface area contributed by atoms with Gasteiger partial charge in [-0.25, -0.2) is 0 Å². The van der Waals surface area contributed by atoms with Gasteiger partial charge in [0.25, 0.3) is 0 Å². The fraction of sp³-hybridized carbons (Fsp3) is 0.167. The Hall–Kier alpha value is -1.90. The summed E-state index contributed by atoms with van der Waals surface area (Å²) < 4.78 is 4.64. The number of fused-ring (bicyclic) bond motifs is 1. The quantitative estimate of drug-likeness (QED) is 0.697. The molecule has 0 atom stereocenters. The first-order valence-corrected chi connectivity index (χ1v) is 4.70. The number of carbonyl (C=O) groups excluding carboxylic acids is 1. The smallest absolute Gasteiger partial charge is 0.310 e. The number of pyridine rings is 1. The highest BCUT2D eigenvalue weighted by Crippen LogP contribution is 2.16. The van der Waals surface area contributed by atoms with Crippen LogP contribution in [0.5, 0.6) is 0 Å². The van der Waals surface area contributed by atoms with E-state index in [9.17, 15) is 4.79 Å². The largest absolute Gasteiger partial charge is 0.469 e. The Bertz CT molecular complexity index is 488. The molecule has 1 heterocycles. The van der Waals surface area contributed by atoms with Gasteiger partial charge in [0.1, 0.15) is 0 Å². The first kappa shape index (κ1) is 9.65. The predicted molar refractivity (Wildman–Crippen MR) is 57.5 cm³/mol. The molecule has 2 rings (SSSR count). The number of ether oxygens (including phenoxy) is 1. The van der Waals surface area contributed by atoms with Gasteiger partial charge >= 0.3 is 5.97 Å². The number of methoxy groups -OCH3 is 1. The average molecular weight is 201 g/mol. The molecule has 0 aliphatic carbocycles. The Morgan fingerprint density at radius 2 is 2.13 bits per heavy atom. The Morgan fingerprint density at radius 3 is 2.93 bits per heavy atom. The minimum absolute atomic E-state index is 0.242. The summed E-state index contributed by atoms with van der Waals surface area (Å²) in [6.07, 6.45) is 1.99. The lowest BCUT2D eigenvalue weighted by atomic mass is 10.1. The molecular formula is C12H11NO2. The van der Waals surface area contributed by atoms with Gasteiger partial charge in [-0.05, 0) is 11.6 Å². The van der Waals surface area contributed by atoms with Crippen molar-refractivity contribution in [2.45, 2.75) is 6.42 Å². The monoisotopic (exact) mass is 201 g/mol. The van der Waals surface area contributed by atoms with Crippen molar-refractivity contribution in [1.29, 1.82) is 0 Å². The number of esters is 1. The van der Waals surface area contributed by atoms with Crippen LogP contribution in [-0.2, 0) is 16.0 Å². The van der Waals surface area contributed by atoms with Crippen LogP contribution in [0.2, 0.25) is 0 Å². The van der Waals surface area contributed by atoms with Gasteiger partial charge in [0, 0.05) is 11.6 Å². The number of hydrogen-bond donors (Lipinski definition) is 0. The third kappa shape index (κ3) is 1.96. The van der Waals surface area contributed by atoms with Crippen LogP contribution < -0.4 is 0 Å². The van der Waals surface area contributed by atoms with E-state index in [1.165, 1.54) is 7.11 Å². The molecule has 1 aromatic heterocycles. The summed E-state index contributed by atoms with van der Waals surface area (Å²) in [6, 6.07) is 9.64. The molecule has 3 heteroatoms. The Morgan fingerprint density at radius 1 is 1.33 bits per heavy atom. The SMILES string of the molecule is COC(=O)Cc1cccc2cccnc12. The molecule has 0 fully saturated rings. The van der Waals surface area contributed by atoms with Gasteiger partial charge in [-0.3, -0.25) is 9.78 Å². The van der Waals surface area contributed by atoms with Crippen LogP contribution in [0.25, 0.3) is 10.9 Å². The number of hydrogen-bond acceptors (Lipinski definition) is 3. The summed E-state index contributed by atoms with van der Waals surface area (Å²) >= 11 is 0. The van der Waals surface area contributed by atoms with Gasteiger partial charge in [-0.15, -0.1) is 0 Å². The molecule has 15 heavy (non-hydrogen) atoms. The van der Waals surface area contributed by atoms with Gasteiger partial charge in [0.05, 0.1) is 19.0 Å². The summed E-state index contributed by atoms with van der Waals surface area (Å²) in [5.41, 5.74) is 1.77. The molecule has 0 N–H and O–H groups in total. The van der Waals surface area contributed by atoms with Crippen molar-refractivity contribution in [2.75, 3.05) is 7.11 Å². The van der Waals surface area contributed by atoms with Crippen molar-refractivity contribution in [3.05, 3.63) is 42.1 Å². The fourth-order valence-electron chi connectivity index (χ4n) is 1.54. The molecular weight excluding hydrogens is 190 g/mol. The second-order valence-corrected chi connectivity index (χ2v) is 3.25. The highest BCUT2D eigenvalue weighted by molar-refractivity contribution is 5.85. The lowest BCUT2D eigenvalue weighted by molar-refractivity contribution is -0.139. The van der Waals surface area contributed by atoms with E-state index in [4.69, 9.17) is 0 Å².